The SMILES string of the molecule is O=C(CCl)Nc1ccccc1Nc1ccnc(Cl)n1. The van der Waals surface area contributed by atoms with Gasteiger partial charge in [-0.15, -0.1) is 11.6 Å². The highest BCUT2D eigenvalue weighted by atomic mass is 35.5. The number of hydrogen-bond donors (Lipinski definition) is 2. The standard InChI is InChI=1S/C12H10Cl2N4O/c13-7-11(19)17-9-4-2-1-3-8(9)16-10-5-6-15-12(14)18-10/h1-6H,7H2,(H,17,19)(H,15,16,18). The fraction of sp³-hybridized carbons (Fsp3) is 0.0833. The number of anilines is 3. The average molecular weight is 297 g/mol. The lowest BCUT2D eigenvalue weighted by atomic mass is 10.2. The lowest BCUT2D eigenvalue weighted by Gasteiger charge is -2.11. The van der Waals surface area contributed by atoms with E-state index in [2.05, 4.69) is 20.6 Å². The van der Waals surface area contributed by atoms with Crippen LogP contribution in [0.15, 0.2) is 36.5 Å². The minimum atomic E-state index is -0.281. The second-order valence-electron chi connectivity index (χ2n) is 3.56. The Morgan fingerprint density at radius 2 is 1.95 bits per heavy atom. The molecular formula is C12H10Cl2N4O. The van der Waals surface area contributed by atoms with E-state index in [9.17, 15) is 4.79 Å². The van der Waals surface area contributed by atoms with Gasteiger partial charge in [-0.3, -0.25) is 4.79 Å². The molecule has 0 saturated heterocycles. The van der Waals surface area contributed by atoms with Crippen LogP contribution in [-0.2, 0) is 4.79 Å². The van der Waals surface area contributed by atoms with E-state index in [4.69, 9.17) is 23.2 Å². The molecule has 0 saturated carbocycles. The van der Waals surface area contributed by atoms with Crippen LogP contribution in [0.25, 0.3) is 0 Å². The number of amides is 1. The summed E-state index contributed by atoms with van der Waals surface area (Å²) in [6, 6.07) is 8.88. The molecule has 1 heterocycles. The van der Waals surface area contributed by atoms with Gasteiger partial charge in [-0.05, 0) is 29.8 Å². The normalized spacial score (nSPS) is 10.0. The van der Waals surface area contributed by atoms with Crippen molar-refractivity contribution in [1.29, 1.82) is 0 Å². The van der Waals surface area contributed by atoms with E-state index in [1.165, 1.54) is 6.20 Å². The third-order valence-corrected chi connectivity index (χ3v) is 2.64. The van der Waals surface area contributed by atoms with E-state index in [0.29, 0.717) is 17.2 Å². The maximum atomic E-state index is 11.3. The molecule has 0 unspecified atom stereocenters. The fourth-order valence-corrected chi connectivity index (χ4v) is 1.64. The third kappa shape index (κ3) is 3.81. The molecular weight excluding hydrogens is 287 g/mol. The first-order valence-electron chi connectivity index (χ1n) is 5.39. The molecule has 0 radical (unpaired) electrons. The number of nitrogens with one attached hydrogen (secondary N) is 2. The van der Waals surface area contributed by atoms with Crippen LogP contribution in [0.3, 0.4) is 0 Å². The number of alkyl halides is 1. The fourth-order valence-electron chi connectivity index (χ4n) is 1.43. The topological polar surface area (TPSA) is 66.9 Å². The van der Waals surface area contributed by atoms with Crippen molar-refractivity contribution in [3.8, 4) is 0 Å². The van der Waals surface area contributed by atoms with E-state index in [1.807, 2.05) is 12.1 Å². The minimum absolute atomic E-state index is 0.104. The van der Waals surface area contributed by atoms with Crippen LogP contribution < -0.4 is 10.6 Å². The number of carbonyl (C=O) groups is 1. The molecule has 0 atom stereocenters. The number of para-hydroxylation sites is 2. The summed E-state index contributed by atoms with van der Waals surface area (Å²) in [6.07, 6.45) is 1.54. The number of nitrogens with zero attached hydrogens (tertiary/aromatic N) is 2. The first kappa shape index (κ1) is 13.6. The average Bonchev–Trinajstić information content (AvgIpc) is 2.41. The van der Waals surface area contributed by atoms with E-state index in [1.54, 1.807) is 18.2 Å². The molecule has 1 aromatic heterocycles. The summed E-state index contributed by atoms with van der Waals surface area (Å²) in [4.78, 5) is 19.1. The maximum absolute atomic E-state index is 11.3. The van der Waals surface area contributed by atoms with Crippen LogP contribution >= 0.6 is 23.2 Å². The third-order valence-electron chi connectivity index (χ3n) is 2.21. The van der Waals surface area contributed by atoms with Crippen molar-refractivity contribution in [2.75, 3.05) is 16.5 Å². The Balaban J connectivity index is 2.22. The van der Waals surface area contributed by atoms with Crippen LogP contribution in [0.4, 0.5) is 17.2 Å². The summed E-state index contributed by atoms with van der Waals surface area (Å²) < 4.78 is 0. The number of carbonyl (C=O) groups excluding carboxylic acids is 1. The smallest absolute Gasteiger partial charge is 0.239 e. The number of hydrogen-bond acceptors (Lipinski definition) is 4. The number of rotatable bonds is 4. The molecule has 19 heavy (non-hydrogen) atoms. The van der Waals surface area contributed by atoms with Gasteiger partial charge in [0.05, 0.1) is 11.4 Å². The number of halogens is 2. The number of aromatic nitrogens is 2. The van der Waals surface area contributed by atoms with E-state index in [0.717, 1.165) is 0 Å². The van der Waals surface area contributed by atoms with Gasteiger partial charge in [0.25, 0.3) is 0 Å². The second kappa shape index (κ2) is 6.36. The Hall–Kier alpha value is -1.85. The summed E-state index contributed by atoms with van der Waals surface area (Å²) in [5.74, 6) is 0.150. The monoisotopic (exact) mass is 296 g/mol. The lowest BCUT2D eigenvalue weighted by Crippen LogP contribution is -2.13. The molecule has 98 valence electrons. The number of benzene rings is 1. The van der Waals surface area contributed by atoms with Gasteiger partial charge in [0.2, 0.25) is 11.2 Å². The van der Waals surface area contributed by atoms with Gasteiger partial charge in [-0.1, -0.05) is 12.1 Å². The Morgan fingerprint density at radius 1 is 1.21 bits per heavy atom. The van der Waals surface area contributed by atoms with Gasteiger partial charge in [0, 0.05) is 6.20 Å². The van der Waals surface area contributed by atoms with Crippen molar-refractivity contribution >= 4 is 46.3 Å². The van der Waals surface area contributed by atoms with Crippen LogP contribution in [0, 0.1) is 0 Å². The molecule has 0 aliphatic heterocycles. The zero-order valence-corrected chi connectivity index (χ0v) is 11.2. The van der Waals surface area contributed by atoms with Crippen molar-refractivity contribution in [3.63, 3.8) is 0 Å². The van der Waals surface area contributed by atoms with Gasteiger partial charge in [-0.25, -0.2) is 9.97 Å². The molecule has 5 nitrogen and oxygen atoms in total. The summed E-state index contributed by atoms with van der Waals surface area (Å²) in [5.41, 5.74) is 1.30. The summed E-state index contributed by atoms with van der Waals surface area (Å²) in [5, 5.41) is 5.88. The van der Waals surface area contributed by atoms with Gasteiger partial charge in [-0.2, -0.15) is 0 Å². The molecule has 7 heteroatoms. The maximum Gasteiger partial charge on any atom is 0.239 e. The Labute approximate surface area is 120 Å². The quantitative estimate of drug-likeness (QED) is 0.672. The minimum Gasteiger partial charge on any atom is -0.338 e. The molecule has 1 aromatic carbocycles. The molecule has 1 amide bonds. The Kier molecular flexibility index (Phi) is 4.54. The largest absolute Gasteiger partial charge is 0.338 e. The molecule has 2 N–H and O–H groups in total. The molecule has 0 fully saturated rings. The van der Waals surface area contributed by atoms with Crippen molar-refractivity contribution in [2.45, 2.75) is 0 Å². The van der Waals surface area contributed by atoms with Crippen molar-refractivity contribution in [1.82, 2.24) is 9.97 Å². The molecule has 2 rings (SSSR count). The highest BCUT2D eigenvalue weighted by Crippen LogP contribution is 2.24. The van der Waals surface area contributed by atoms with Crippen molar-refractivity contribution < 1.29 is 4.79 Å². The van der Waals surface area contributed by atoms with Gasteiger partial charge in [0.15, 0.2) is 0 Å². The molecule has 0 aliphatic carbocycles. The van der Waals surface area contributed by atoms with Crippen LogP contribution in [0.1, 0.15) is 0 Å². The predicted molar refractivity (Wildman–Crippen MR) is 76.1 cm³/mol. The summed E-state index contributed by atoms with van der Waals surface area (Å²) in [6.45, 7) is 0. The first-order valence-corrected chi connectivity index (χ1v) is 6.30. The summed E-state index contributed by atoms with van der Waals surface area (Å²) in [7, 11) is 0. The second-order valence-corrected chi connectivity index (χ2v) is 4.17. The highest BCUT2D eigenvalue weighted by Gasteiger charge is 2.06. The predicted octanol–water partition coefficient (Wildman–Crippen LogP) is 3.05. The van der Waals surface area contributed by atoms with Crippen LogP contribution in [0.5, 0.6) is 0 Å². The molecule has 0 spiro atoms. The van der Waals surface area contributed by atoms with E-state index >= 15 is 0 Å². The molecule has 0 aliphatic rings. The Bertz CT molecular complexity index is 591. The van der Waals surface area contributed by atoms with Crippen molar-refractivity contribution in [2.24, 2.45) is 0 Å². The lowest BCUT2D eigenvalue weighted by molar-refractivity contribution is -0.113. The molecule has 2 aromatic rings. The van der Waals surface area contributed by atoms with E-state index in [-0.39, 0.29) is 17.1 Å². The van der Waals surface area contributed by atoms with Crippen molar-refractivity contribution in [3.05, 3.63) is 41.8 Å². The zero-order valence-electron chi connectivity index (χ0n) is 9.73. The molecule has 0 bridgehead atoms. The first-order chi connectivity index (χ1) is 9.19. The summed E-state index contributed by atoms with van der Waals surface area (Å²) >= 11 is 11.2. The van der Waals surface area contributed by atoms with Gasteiger partial charge < -0.3 is 10.6 Å². The van der Waals surface area contributed by atoms with Gasteiger partial charge in [0.1, 0.15) is 11.7 Å². The van der Waals surface area contributed by atoms with Gasteiger partial charge >= 0.3 is 0 Å². The van der Waals surface area contributed by atoms with Crippen LogP contribution in [-0.4, -0.2) is 21.8 Å². The van der Waals surface area contributed by atoms with Crippen LogP contribution in [0.2, 0.25) is 5.28 Å². The Morgan fingerprint density at radius 3 is 2.63 bits per heavy atom. The zero-order chi connectivity index (χ0) is 13.7. The van der Waals surface area contributed by atoms with E-state index < -0.39 is 0 Å². The highest BCUT2D eigenvalue weighted by molar-refractivity contribution is 6.29.